The van der Waals surface area contributed by atoms with Crippen LogP contribution in [0, 0.1) is 0 Å². The molecule has 6 heteroatoms. The molecule has 5 nitrogen and oxygen atoms in total. The summed E-state index contributed by atoms with van der Waals surface area (Å²) in [5.74, 6) is -0.379. The third-order valence-electron chi connectivity index (χ3n) is 4.62. The van der Waals surface area contributed by atoms with Gasteiger partial charge in [-0.25, -0.2) is 0 Å². The van der Waals surface area contributed by atoms with Crippen LogP contribution < -0.4 is 10.7 Å². The minimum atomic E-state index is -0.379. The molecule has 1 saturated carbocycles. The number of carbonyl (C=O) groups excluding carboxylic acids is 1. The molecule has 0 aliphatic heterocycles. The molecule has 0 unspecified atom stereocenters. The van der Waals surface area contributed by atoms with Gasteiger partial charge in [-0.15, -0.1) is 0 Å². The van der Waals surface area contributed by atoms with Crippen LogP contribution in [0.15, 0.2) is 23.0 Å². The van der Waals surface area contributed by atoms with Crippen molar-refractivity contribution in [3.8, 4) is 0 Å². The quantitative estimate of drug-likeness (QED) is 0.864. The Hall–Kier alpha value is -1.88. The molecule has 1 N–H and O–H groups in total. The summed E-state index contributed by atoms with van der Waals surface area (Å²) < 4.78 is 1.68. The molecule has 128 valence electrons. The van der Waals surface area contributed by atoms with Crippen molar-refractivity contribution >= 4 is 28.4 Å². The van der Waals surface area contributed by atoms with Crippen LogP contribution in [0.4, 0.5) is 0 Å². The Balaban J connectivity index is 1.97. The molecule has 2 aromatic rings. The minimum absolute atomic E-state index is 0.0455. The first-order chi connectivity index (χ1) is 11.6. The van der Waals surface area contributed by atoms with E-state index in [9.17, 15) is 9.59 Å². The van der Waals surface area contributed by atoms with E-state index in [2.05, 4.69) is 10.4 Å². The van der Waals surface area contributed by atoms with Gasteiger partial charge in [-0.2, -0.15) is 5.10 Å². The van der Waals surface area contributed by atoms with Crippen LogP contribution in [0.25, 0.3) is 10.9 Å². The third-order valence-corrected chi connectivity index (χ3v) is 4.86. The van der Waals surface area contributed by atoms with Gasteiger partial charge in [0.15, 0.2) is 5.69 Å². The molecule has 1 amide bonds. The molecule has 0 spiro atoms. The van der Waals surface area contributed by atoms with Gasteiger partial charge in [-0.3, -0.25) is 14.3 Å². The fourth-order valence-corrected chi connectivity index (χ4v) is 3.50. The number of aryl methyl sites for hydroxylation is 1. The molecule has 0 bridgehead atoms. The highest BCUT2D eigenvalue weighted by molar-refractivity contribution is 6.31. The molecule has 1 fully saturated rings. The maximum absolute atomic E-state index is 12.7. The predicted octanol–water partition coefficient (Wildman–Crippen LogP) is 3.52. The first kappa shape index (κ1) is 17.0. The van der Waals surface area contributed by atoms with Crippen molar-refractivity contribution in [2.75, 3.05) is 0 Å². The zero-order chi connectivity index (χ0) is 17.1. The number of hydrogen-bond donors (Lipinski definition) is 1. The Morgan fingerprint density at radius 3 is 2.67 bits per heavy atom. The second kappa shape index (κ2) is 7.34. The number of nitrogens with zero attached hydrogens (tertiary/aromatic N) is 2. The summed E-state index contributed by atoms with van der Waals surface area (Å²) in [5.41, 5.74) is 0.289. The summed E-state index contributed by atoms with van der Waals surface area (Å²) in [4.78, 5) is 25.3. The normalized spacial score (nSPS) is 16.1. The number of fused-ring (bicyclic) bond motifs is 1. The van der Waals surface area contributed by atoms with Gasteiger partial charge < -0.3 is 5.32 Å². The lowest BCUT2D eigenvalue weighted by molar-refractivity contribution is 0.0925. The third kappa shape index (κ3) is 3.46. The van der Waals surface area contributed by atoms with Crippen LogP contribution >= 0.6 is 11.6 Å². The Morgan fingerprint density at radius 2 is 2.00 bits per heavy atom. The van der Waals surface area contributed by atoms with Crippen LogP contribution in [0.5, 0.6) is 0 Å². The second-order valence-corrected chi connectivity index (χ2v) is 6.75. The molecule has 1 heterocycles. The molecule has 1 aliphatic rings. The Kier molecular flexibility index (Phi) is 5.19. The van der Waals surface area contributed by atoms with Crippen molar-refractivity contribution in [1.29, 1.82) is 0 Å². The molecule has 0 saturated heterocycles. The fraction of sp³-hybridized carbons (Fsp3) is 0.500. The van der Waals surface area contributed by atoms with Crippen LogP contribution in [-0.2, 0) is 6.54 Å². The first-order valence-corrected chi connectivity index (χ1v) is 8.99. The Morgan fingerprint density at radius 1 is 1.29 bits per heavy atom. The SMILES string of the molecule is CCn1nc(C(=O)NC2CCCCCC2)c(=O)c2cc(Cl)ccc21. The summed E-state index contributed by atoms with van der Waals surface area (Å²) in [6, 6.07) is 5.23. The monoisotopic (exact) mass is 347 g/mol. The second-order valence-electron chi connectivity index (χ2n) is 6.32. The highest BCUT2D eigenvalue weighted by atomic mass is 35.5. The highest BCUT2D eigenvalue weighted by Gasteiger charge is 2.21. The first-order valence-electron chi connectivity index (χ1n) is 8.61. The molecule has 24 heavy (non-hydrogen) atoms. The molecular weight excluding hydrogens is 326 g/mol. The highest BCUT2D eigenvalue weighted by Crippen LogP contribution is 2.18. The number of benzene rings is 1. The zero-order valence-electron chi connectivity index (χ0n) is 13.8. The number of nitrogens with one attached hydrogen (secondary N) is 1. The van der Waals surface area contributed by atoms with Crippen LogP contribution in [0.2, 0.25) is 5.02 Å². The van der Waals surface area contributed by atoms with Crippen molar-refractivity contribution < 1.29 is 4.79 Å². The Labute approximate surface area is 146 Å². The summed E-state index contributed by atoms with van der Waals surface area (Å²) in [7, 11) is 0. The molecule has 0 radical (unpaired) electrons. The fourth-order valence-electron chi connectivity index (χ4n) is 3.33. The van der Waals surface area contributed by atoms with E-state index in [0.29, 0.717) is 22.5 Å². The van der Waals surface area contributed by atoms with Gasteiger partial charge in [0.2, 0.25) is 5.43 Å². The zero-order valence-corrected chi connectivity index (χ0v) is 14.6. The van der Waals surface area contributed by atoms with Crippen LogP contribution in [0.1, 0.15) is 55.9 Å². The number of halogens is 1. The Bertz CT molecular complexity index is 808. The van der Waals surface area contributed by atoms with Gasteiger partial charge in [0.05, 0.1) is 10.9 Å². The van der Waals surface area contributed by atoms with Gasteiger partial charge in [-0.05, 0) is 38.0 Å². The van der Waals surface area contributed by atoms with Crippen molar-refractivity contribution in [2.45, 2.75) is 58.0 Å². The number of hydrogen-bond acceptors (Lipinski definition) is 3. The summed E-state index contributed by atoms with van der Waals surface area (Å²) >= 11 is 6.02. The van der Waals surface area contributed by atoms with E-state index in [4.69, 9.17) is 11.6 Å². The number of amides is 1. The maximum atomic E-state index is 12.7. The average Bonchev–Trinajstić information content (AvgIpc) is 2.84. The lowest BCUT2D eigenvalue weighted by atomic mass is 10.1. The molecular formula is C18H22ClN3O2. The smallest absolute Gasteiger partial charge is 0.276 e. The van der Waals surface area contributed by atoms with E-state index >= 15 is 0 Å². The lowest BCUT2D eigenvalue weighted by Crippen LogP contribution is -2.38. The van der Waals surface area contributed by atoms with Gasteiger partial charge >= 0.3 is 0 Å². The number of rotatable bonds is 3. The topological polar surface area (TPSA) is 64.0 Å². The standard InChI is InChI=1S/C18H22ClN3O2/c1-2-22-15-10-9-12(19)11-14(15)17(23)16(21-22)18(24)20-13-7-5-3-4-6-8-13/h9-11,13H,2-8H2,1H3,(H,20,24). The van der Waals surface area contributed by atoms with Crippen molar-refractivity contribution in [2.24, 2.45) is 0 Å². The van der Waals surface area contributed by atoms with Gasteiger partial charge in [-0.1, -0.05) is 37.3 Å². The predicted molar refractivity (Wildman–Crippen MR) is 95.6 cm³/mol. The van der Waals surface area contributed by atoms with E-state index in [-0.39, 0.29) is 23.1 Å². The van der Waals surface area contributed by atoms with E-state index < -0.39 is 0 Å². The number of aromatic nitrogens is 2. The van der Waals surface area contributed by atoms with Gasteiger partial charge in [0.1, 0.15) is 0 Å². The average molecular weight is 348 g/mol. The van der Waals surface area contributed by atoms with E-state index in [1.165, 1.54) is 12.8 Å². The van der Waals surface area contributed by atoms with Gasteiger partial charge in [0.25, 0.3) is 5.91 Å². The van der Waals surface area contributed by atoms with Crippen molar-refractivity contribution in [1.82, 2.24) is 15.1 Å². The summed E-state index contributed by atoms with van der Waals surface area (Å²) in [6.07, 6.45) is 6.58. The molecule has 1 aliphatic carbocycles. The van der Waals surface area contributed by atoms with E-state index in [1.54, 1.807) is 22.9 Å². The molecule has 3 rings (SSSR count). The van der Waals surface area contributed by atoms with Crippen molar-refractivity contribution in [3.63, 3.8) is 0 Å². The molecule has 1 aromatic heterocycles. The summed E-state index contributed by atoms with van der Waals surface area (Å²) in [5, 5.41) is 8.20. The molecule has 1 aromatic carbocycles. The molecule has 0 atom stereocenters. The largest absolute Gasteiger partial charge is 0.348 e. The summed E-state index contributed by atoms with van der Waals surface area (Å²) in [6.45, 7) is 2.50. The lowest BCUT2D eigenvalue weighted by Gasteiger charge is -2.16. The number of carbonyl (C=O) groups is 1. The van der Waals surface area contributed by atoms with Gasteiger partial charge in [0, 0.05) is 17.6 Å². The maximum Gasteiger partial charge on any atom is 0.276 e. The minimum Gasteiger partial charge on any atom is -0.348 e. The van der Waals surface area contributed by atoms with Crippen LogP contribution in [-0.4, -0.2) is 21.7 Å². The van der Waals surface area contributed by atoms with E-state index in [0.717, 1.165) is 25.7 Å². The van der Waals surface area contributed by atoms with Crippen molar-refractivity contribution in [3.05, 3.63) is 39.1 Å². The van der Waals surface area contributed by atoms with E-state index in [1.807, 2.05) is 6.92 Å². The van der Waals surface area contributed by atoms with Crippen LogP contribution in [0.3, 0.4) is 0 Å².